The van der Waals surface area contributed by atoms with Gasteiger partial charge in [-0.3, -0.25) is 0 Å². The summed E-state index contributed by atoms with van der Waals surface area (Å²) in [5.74, 6) is 1.18. The summed E-state index contributed by atoms with van der Waals surface area (Å²) in [6.45, 7) is 11.8. The van der Waals surface area contributed by atoms with E-state index in [2.05, 4.69) is 24.1 Å². The van der Waals surface area contributed by atoms with E-state index in [0.717, 1.165) is 11.4 Å². The molecule has 0 aliphatic heterocycles. The Morgan fingerprint density at radius 1 is 1.26 bits per heavy atom. The molecule has 0 fully saturated rings. The van der Waals surface area contributed by atoms with Crippen molar-refractivity contribution in [3.8, 4) is 0 Å². The van der Waals surface area contributed by atoms with Gasteiger partial charge in [-0.25, -0.2) is 9.78 Å². The fourth-order valence-electron chi connectivity index (χ4n) is 2.70. The van der Waals surface area contributed by atoms with Crippen molar-refractivity contribution >= 4 is 29.2 Å². The summed E-state index contributed by atoms with van der Waals surface area (Å²) in [6, 6.07) is 5.50. The van der Waals surface area contributed by atoms with E-state index in [9.17, 15) is 4.79 Å². The van der Waals surface area contributed by atoms with Gasteiger partial charge in [-0.1, -0.05) is 43.1 Å². The van der Waals surface area contributed by atoms with Crippen molar-refractivity contribution < 1.29 is 4.79 Å². The zero-order valence-corrected chi connectivity index (χ0v) is 18.1. The van der Waals surface area contributed by atoms with E-state index < -0.39 is 0 Å². The first-order valence-electron chi connectivity index (χ1n) is 9.06. The lowest BCUT2D eigenvalue weighted by atomic mass is 10.1. The third-order valence-corrected chi connectivity index (χ3v) is 4.56. The number of amides is 2. The molecule has 0 unspecified atom stereocenters. The van der Waals surface area contributed by atoms with E-state index in [0.29, 0.717) is 35.6 Å². The fraction of sp³-hybridized carbons (Fsp3) is 0.500. The zero-order valence-electron chi connectivity index (χ0n) is 16.6. The van der Waals surface area contributed by atoms with Gasteiger partial charge < -0.3 is 14.8 Å². The van der Waals surface area contributed by atoms with Gasteiger partial charge in [-0.2, -0.15) is 0 Å². The summed E-state index contributed by atoms with van der Waals surface area (Å²) in [5.41, 5.74) is 0.736. The SMILES string of the molecule is CC(C)CN(Cc1nccn1Cc1ccc(Cl)c(Cl)c1)C(=O)NC(C)(C)C. The van der Waals surface area contributed by atoms with E-state index in [1.165, 1.54) is 0 Å². The molecule has 0 radical (unpaired) electrons. The van der Waals surface area contributed by atoms with Crippen LogP contribution in [0.3, 0.4) is 0 Å². The van der Waals surface area contributed by atoms with E-state index in [4.69, 9.17) is 23.2 Å². The van der Waals surface area contributed by atoms with Crippen LogP contribution in [0.5, 0.6) is 0 Å². The van der Waals surface area contributed by atoms with Crippen LogP contribution in [0, 0.1) is 5.92 Å². The third-order valence-electron chi connectivity index (χ3n) is 3.83. The number of aromatic nitrogens is 2. The molecule has 148 valence electrons. The Labute approximate surface area is 171 Å². The van der Waals surface area contributed by atoms with Crippen LogP contribution in [-0.4, -0.2) is 32.6 Å². The minimum Gasteiger partial charge on any atom is -0.333 e. The van der Waals surface area contributed by atoms with Gasteiger partial charge in [-0.15, -0.1) is 0 Å². The number of hydrogen-bond acceptors (Lipinski definition) is 2. The normalized spacial score (nSPS) is 11.7. The molecule has 27 heavy (non-hydrogen) atoms. The van der Waals surface area contributed by atoms with Gasteiger partial charge in [0.2, 0.25) is 0 Å². The summed E-state index contributed by atoms with van der Waals surface area (Å²) < 4.78 is 2.03. The number of urea groups is 1. The largest absolute Gasteiger partial charge is 0.333 e. The molecule has 0 spiro atoms. The Hall–Kier alpha value is -1.72. The minimum atomic E-state index is -0.290. The second-order valence-electron chi connectivity index (χ2n) is 8.17. The average molecular weight is 411 g/mol. The molecule has 5 nitrogen and oxygen atoms in total. The molecule has 0 atom stereocenters. The van der Waals surface area contributed by atoms with Gasteiger partial charge in [-0.05, 0) is 44.4 Å². The lowest BCUT2D eigenvalue weighted by molar-refractivity contribution is 0.177. The van der Waals surface area contributed by atoms with Gasteiger partial charge in [0.05, 0.1) is 16.6 Å². The Bertz CT molecular complexity index is 781. The highest BCUT2D eigenvalue weighted by atomic mass is 35.5. The molecule has 1 aromatic carbocycles. The van der Waals surface area contributed by atoms with Crippen LogP contribution < -0.4 is 5.32 Å². The molecule has 2 rings (SSSR count). The molecule has 0 aliphatic rings. The molecule has 1 aromatic heterocycles. The van der Waals surface area contributed by atoms with Crippen molar-refractivity contribution in [1.82, 2.24) is 19.8 Å². The topological polar surface area (TPSA) is 50.2 Å². The summed E-state index contributed by atoms with van der Waals surface area (Å²) >= 11 is 12.1. The lowest BCUT2D eigenvalue weighted by Crippen LogP contribution is -2.49. The number of carbonyl (C=O) groups is 1. The van der Waals surface area contributed by atoms with Crippen LogP contribution in [0.1, 0.15) is 46.0 Å². The smallest absolute Gasteiger partial charge is 0.318 e. The highest BCUT2D eigenvalue weighted by molar-refractivity contribution is 6.42. The number of halogens is 2. The average Bonchev–Trinajstić information content (AvgIpc) is 2.95. The molecule has 2 aromatic rings. The van der Waals surface area contributed by atoms with Gasteiger partial charge in [0.1, 0.15) is 5.82 Å². The second kappa shape index (κ2) is 8.98. The fourth-order valence-corrected chi connectivity index (χ4v) is 3.02. The summed E-state index contributed by atoms with van der Waals surface area (Å²) in [7, 11) is 0. The zero-order chi connectivity index (χ0) is 20.2. The minimum absolute atomic E-state index is 0.0831. The van der Waals surface area contributed by atoms with Crippen molar-refractivity contribution in [3.63, 3.8) is 0 Å². The number of carbonyl (C=O) groups excluding carboxylic acids is 1. The Morgan fingerprint density at radius 2 is 1.96 bits per heavy atom. The molecule has 1 heterocycles. The molecule has 0 bridgehead atoms. The van der Waals surface area contributed by atoms with Crippen molar-refractivity contribution in [1.29, 1.82) is 0 Å². The first-order valence-corrected chi connectivity index (χ1v) is 9.82. The molecule has 1 N–H and O–H groups in total. The standard InChI is InChI=1S/C20H28Cl2N4O/c1-14(2)11-26(19(27)24-20(3,4)5)13-18-23-8-9-25(18)12-15-6-7-16(21)17(22)10-15/h6-10,14H,11-13H2,1-5H3,(H,24,27). The van der Waals surface area contributed by atoms with Crippen molar-refractivity contribution in [3.05, 3.63) is 52.0 Å². The lowest BCUT2D eigenvalue weighted by Gasteiger charge is -2.29. The number of nitrogens with one attached hydrogen (secondary N) is 1. The van der Waals surface area contributed by atoms with E-state index in [-0.39, 0.29) is 11.6 Å². The highest BCUT2D eigenvalue weighted by Crippen LogP contribution is 2.23. The first-order chi connectivity index (χ1) is 12.5. The van der Waals surface area contributed by atoms with Crippen LogP contribution in [0.4, 0.5) is 4.79 Å². The monoisotopic (exact) mass is 410 g/mol. The van der Waals surface area contributed by atoms with E-state index in [1.807, 2.05) is 48.6 Å². The van der Waals surface area contributed by atoms with E-state index in [1.54, 1.807) is 12.3 Å². The third kappa shape index (κ3) is 6.74. The highest BCUT2D eigenvalue weighted by Gasteiger charge is 2.22. The molecule has 0 saturated carbocycles. The number of nitrogens with zero attached hydrogens (tertiary/aromatic N) is 3. The number of benzene rings is 1. The van der Waals surface area contributed by atoms with Crippen molar-refractivity contribution in [2.45, 2.75) is 53.2 Å². The second-order valence-corrected chi connectivity index (χ2v) is 8.99. The van der Waals surface area contributed by atoms with Gasteiger partial charge in [0.15, 0.2) is 0 Å². The maximum absolute atomic E-state index is 12.7. The number of hydrogen-bond donors (Lipinski definition) is 1. The van der Waals surface area contributed by atoms with Crippen LogP contribution in [0.2, 0.25) is 10.0 Å². The van der Waals surface area contributed by atoms with Gasteiger partial charge in [0, 0.05) is 31.0 Å². The van der Waals surface area contributed by atoms with Gasteiger partial charge in [0.25, 0.3) is 0 Å². The Balaban J connectivity index is 2.17. The molecule has 2 amide bonds. The maximum atomic E-state index is 12.7. The Kier molecular flexibility index (Phi) is 7.18. The summed E-state index contributed by atoms with van der Waals surface area (Å²) in [5, 5.41) is 4.10. The molecule has 0 saturated heterocycles. The van der Waals surface area contributed by atoms with Crippen molar-refractivity contribution in [2.24, 2.45) is 5.92 Å². The quantitative estimate of drug-likeness (QED) is 0.710. The van der Waals surface area contributed by atoms with Crippen LogP contribution in [0.15, 0.2) is 30.6 Å². The molecular weight excluding hydrogens is 383 g/mol. The predicted molar refractivity (Wildman–Crippen MR) is 111 cm³/mol. The maximum Gasteiger partial charge on any atom is 0.318 e. The summed E-state index contributed by atoms with van der Waals surface area (Å²) in [6.07, 6.45) is 3.66. The summed E-state index contributed by atoms with van der Waals surface area (Å²) in [4.78, 5) is 19.0. The van der Waals surface area contributed by atoms with Crippen LogP contribution in [-0.2, 0) is 13.1 Å². The number of imidazole rings is 1. The van der Waals surface area contributed by atoms with Crippen LogP contribution >= 0.6 is 23.2 Å². The van der Waals surface area contributed by atoms with Gasteiger partial charge >= 0.3 is 6.03 Å². The number of rotatable bonds is 6. The van der Waals surface area contributed by atoms with Crippen LogP contribution in [0.25, 0.3) is 0 Å². The van der Waals surface area contributed by atoms with E-state index >= 15 is 0 Å². The van der Waals surface area contributed by atoms with Crippen molar-refractivity contribution in [2.75, 3.05) is 6.54 Å². The molecular formula is C20H28Cl2N4O. The Morgan fingerprint density at radius 3 is 2.56 bits per heavy atom. The molecule has 7 heteroatoms. The predicted octanol–water partition coefficient (Wildman–Crippen LogP) is 5.20. The molecule has 0 aliphatic carbocycles. The first kappa shape index (κ1) is 21.6.